The highest BCUT2D eigenvalue weighted by atomic mass is 19.1. The first-order valence-corrected chi connectivity index (χ1v) is 7.16. The van der Waals surface area contributed by atoms with Gasteiger partial charge in [0.1, 0.15) is 11.6 Å². The van der Waals surface area contributed by atoms with E-state index < -0.39 is 11.6 Å². The van der Waals surface area contributed by atoms with Gasteiger partial charge in [-0.1, -0.05) is 6.07 Å². The number of hydrogen-bond donors (Lipinski definition) is 2. The molecule has 0 spiro atoms. The maximum Gasteiger partial charge on any atom is 0.227 e. The molecule has 21 heavy (non-hydrogen) atoms. The second kappa shape index (κ2) is 7.47. The molecule has 2 rings (SSSR count). The maximum atomic E-state index is 13.6. The highest BCUT2D eigenvalue weighted by molar-refractivity contribution is 5.79. The fourth-order valence-electron chi connectivity index (χ4n) is 2.58. The Morgan fingerprint density at radius 3 is 2.67 bits per heavy atom. The van der Waals surface area contributed by atoms with Gasteiger partial charge in [-0.05, 0) is 31.5 Å². The van der Waals surface area contributed by atoms with Crippen molar-refractivity contribution in [2.24, 2.45) is 0 Å². The number of carbonyl (C=O) groups is 1. The average molecular weight is 298 g/mol. The third-order valence-corrected chi connectivity index (χ3v) is 3.72. The summed E-state index contributed by atoms with van der Waals surface area (Å²) in [6.07, 6.45) is 1.68. The molecule has 4 nitrogen and oxygen atoms in total. The van der Waals surface area contributed by atoms with E-state index in [4.69, 9.17) is 5.11 Å². The minimum atomic E-state index is -0.716. The van der Waals surface area contributed by atoms with Crippen LogP contribution in [0.5, 0.6) is 0 Å². The van der Waals surface area contributed by atoms with Crippen molar-refractivity contribution < 1.29 is 18.7 Å². The minimum absolute atomic E-state index is 0.168. The number of nitrogens with one attached hydrogen (secondary N) is 1. The molecule has 6 heteroatoms. The molecule has 1 heterocycles. The zero-order chi connectivity index (χ0) is 15.2. The first-order chi connectivity index (χ1) is 10.1. The van der Waals surface area contributed by atoms with Gasteiger partial charge in [0.2, 0.25) is 5.91 Å². The number of benzene rings is 1. The van der Waals surface area contributed by atoms with Crippen molar-refractivity contribution in [3.8, 4) is 0 Å². The van der Waals surface area contributed by atoms with Crippen molar-refractivity contribution in [2.75, 3.05) is 26.2 Å². The van der Waals surface area contributed by atoms with E-state index in [0.29, 0.717) is 6.54 Å². The first kappa shape index (κ1) is 15.9. The number of aliphatic hydroxyl groups is 1. The van der Waals surface area contributed by atoms with Crippen LogP contribution in [0.3, 0.4) is 0 Å². The normalized spacial score (nSPS) is 18.0. The van der Waals surface area contributed by atoms with Crippen molar-refractivity contribution in [1.29, 1.82) is 0 Å². The lowest BCUT2D eigenvalue weighted by Gasteiger charge is -2.25. The van der Waals surface area contributed by atoms with E-state index in [1.54, 1.807) is 0 Å². The van der Waals surface area contributed by atoms with Gasteiger partial charge in [-0.25, -0.2) is 8.78 Å². The summed E-state index contributed by atoms with van der Waals surface area (Å²) in [5.74, 6) is -1.81. The van der Waals surface area contributed by atoms with Crippen LogP contribution in [0, 0.1) is 11.6 Å². The van der Waals surface area contributed by atoms with Gasteiger partial charge >= 0.3 is 0 Å². The fourth-order valence-corrected chi connectivity index (χ4v) is 2.58. The summed E-state index contributed by atoms with van der Waals surface area (Å²) in [6.45, 7) is 1.37. The fraction of sp³-hybridized carbons (Fsp3) is 0.533. The van der Waals surface area contributed by atoms with Gasteiger partial charge in [0.15, 0.2) is 0 Å². The summed E-state index contributed by atoms with van der Waals surface area (Å²) in [5.41, 5.74) is -0.218. The minimum Gasteiger partial charge on any atom is -0.395 e. The topological polar surface area (TPSA) is 52.6 Å². The second-order valence-electron chi connectivity index (χ2n) is 5.23. The highest BCUT2D eigenvalue weighted by Crippen LogP contribution is 2.15. The van der Waals surface area contributed by atoms with Gasteiger partial charge in [0, 0.05) is 24.7 Å². The van der Waals surface area contributed by atoms with Gasteiger partial charge in [-0.15, -0.1) is 0 Å². The summed E-state index contributed by atoms with van der Waals surface area (Å²) in [7, 11) is 0. The molecule has 0 aliphatic carbocycles. The lowest BCUT2D eigenvalue weighted by atomic mass is 10.1. The SMILES string of the molecule is O=C(Cc1c(F)cccc1F)N(CCO)CC1CCCN1. The molecule has 1 unspecified atom stereocenters. The zero-order valence-electron chi connectivity index (χ0n) is 11.8. The molecule has 1 fully saturated rings. The van der Waals surface area contributed by atoms with Crippen molar-refractivity contribution in [1.82, 2.24) is 10.2 Å². The highest BCUT2D eigenvalue weighted by Gasteiger charge is 2.23. The number of rotatable bonds is 6. The van der Waals surface area contributed by atoms with Crippen molar-refractivity contribution in [3.63, 3.8) is 0 Å². The van der Waals surface area contributed by atoms with Crippen LogP contribution < -0.4 is 5.32 Å². The molecule has 0 aromatic heterocycles. The third-order valence-electron chi connectivity index (χ3n) is 3.72. The summed E-state index contributed by atoms with van der Waals surface area (Å²) in [5, 5.41) is 12.3. The lowest BCUT2D eigenvalue weighted by molar-refractivity contribution is -0.131. The van der Waals surface area contributed by atoms with Crippen LogP contribution in [-0.2, 0) is 11.2 Å². The number of hydrogen-bond acceptors (Lipinski definition) is 3. The van der Waals surface area contributed by atoms with Gasteiger partial charge < -0.3 is 15.3 Å². The van der Waals surface area contributed by atoms with Gasteiger partial charge in [-0.3, -0.25) is 4.79 Å². The third kappa shape index (κ3) is 4.22. The number of carbonyl (C=O) groups excluding carboxylic acids is 1. The summed E-state index contributed by atoms with van der Waals surface area (Å²) in [4.78, 5) is 13.7. The Morgan fingerprint density at radius 1 is 1.38 bits per heavy atom. The number of aliphatic hydroxyl groups excluding tert-OH is 1. The molecule has 0 bridgehead atoms. The number of amides is 1. The van der Waals surface area contributed by atoms with Crippen molar-refractivity contribution in [3.05, 3.63) is 35.4 Å². The predicted octanol–water partition coefficient (Wildman–Crippen LogP) is 1.08. The maximum absolute atomic E-state index is 13.6. The molecule has 1 aromatic carbocycles. The molecule has 1 amide bonds. The summed E-state index contributed by atoms with van der Waals surface area (Å²) >= 11 is 0. The standard InChI is InChI=1S/C15H20F2N2O2/c16-13-4-1-5-14(17)12(13)9-15(21)19(7-8-20)10-11-3-2-6-18-11/h1,4-5,11,18,20H,2-3,6-10H2. The lowest BCUT2D eigenvalue weighted by Crippen LogP contribution is -2.43. The van der Waals surface area contributed by atoms with Crippen LogP contribution in [0.25, 0.3) is 0 Å². The quantitative estimate of drug-likeness (QED) is 0.826. The van der Waals surface area contributed by atoms with Crippen molar-refractivity contribution in [2.45, 2.75) is 25.3 Å². The van der Waals surface area contributed by atoms with E-state index in [-0.39, 0.29) is 37.1 Å². The smallest absolute Gasteiger partial charge is 0.227 e. The monoisotopic (exact) mass is 298 g/mol. The second-order valence-corrected chi connectivity index (χ2v) is 5.23. The van der Waals surface area contributed by atoms with Crippen LogP contribution in [0.2, 0.25) is 0 Å². The molecule has 1 saturated heterocycles. The van der Waals surface area contributed by atoms with E-state index in [9.17, 15) is 13.6 Å². The molecule has 116 valence electrons. The van der Waals surface area contributed by atoms with E-state index >= 15 is 0 Å². The Kier molecular flexibility index (Phi) is 5.64. The summed E-state index contributed by atoms with van der Waals surface area (Å²) < 4.78 is 27.2. The predicted molar refractivity (Wildman–Crippen MR) is 74.8 cm³/mol. The number of nitrogens with zero attached hydrogens (tertiary/aromatic N) is 1. The van der Waals surface area contributed by atoms with Gasteiger partial charge in [0.25, 0.3) is 0 Å². The molecule has 2 N–H and O–H groups in total. The van der Waals surface area contributed by atoms with Crippen LogP contribution in [-0.4, -0.2) is 48.2 Å². The largest absolute Gasteiger partial charge is 0.395 e. The molecular formula is C15H20F2N2O2. The molecule has 0 radical (unpaired) electrons. The Balaban J connectivity index is 2.03. The van der Waals surface area contributed by atoms with Crippen molar-refractivity contribution >= 4 is 5.91 Å². The molecule has 1 atom stereocenters. The first-order valence-electron chi connectivity index (χ1n) is 7.16. The van der Waals surface area contributed by atoms with E-state index in [1.165, 1.54) is 11.0 Å². The molecular weight excluding hydrogens is 278 g/mol. The molecule has 0 saturated carbocycles. The van der Waals surface area contributed by atoms with Crippen LogP contribution in [0.4, 0.5) is 8.78 Å². The van der Waals surface area contributed by atoms with E-state index in [1.807, 2.05) is 0 Å². The molecule has 1 aliphatic rings. The van der Waals surface area contributed by atoms with Crippen LogP contribution in [0.15, 0.2) is 18.2 Å². The molecule has 1 aliphatic heterocycles. The Hall–Kier alpha value is -1.53. The van der Waals surface area contributed by atoms with E-state index in [2.05, 4.69) is 5.32 Å². The van der Waals surface area contributed by atoms with E-state index in [0.717, 1.165) is 31.5 Å². The average Bonchev–Trinajstić information content (AvgIpc) is 2.95. The Bertz CT molecular complexity index is 470. The Morgan fingerprint density at radius 2 is 2.10 bits per heavy atom. The molecule has 1 aromatic rings. The zero-order valence-corrected chi connectivity index (χ0v) is 11.8. The Labute approximate surface area is 122 Å². The summed E-state index contributed by atoms with van der Waals surface area (Å²) in [6, 6.07) is 3.74. The van der Waals surface area contributed by atoms with Gasteiger partial charge in [0.05, 0.1) is 13.0 Å². The van der Waals surface area contributed by atoms with Crippen LogP contribution in [0.1, 0.15) is 18.4 Å². The number of halogens is 2. The van der Waals surface area contributed by atoms with Gasteiger partial charge in [-0.2, -0.15) is 0 Å². The van der Waals surface area contributed by atoms with Crippen LogP contribution >= 0.6 is 0 Å².